The van der Waals surface area contributed by atoms with E-state index in [1.165, 1.54) is 12.1 Å². The van der Waals surface area contributed by atoms with Crippen molar-refractivity contribution in [3.8, 4) is 0 Å². The molecule has 3 rings (SSSR count). The first-order valence-electron chi connectivity index (χ1n) is 8.31. The van der Waals surface area contributed by atoms with Crippen molar-refractivity contribution in [3.05, 3.63) is 52.8 Å². The normalized spacial score (nSPS) is 14.4. The molecule has 0 spiro atoms. The topological polar surface area (TPSA) is 67.3 Å². The SMILES string of the molecule is Cc1cc2cnc(NC[C@@](O)(OC(C)(C)C)c3ccccc3F)nc2s1. The molecule has 0 fully saturated rings. The number of benzene rings is 1. The summed E-state index contributed by atoms with van der Waals surface area (Å²) in [4.78, 5) is 10.7. The Hall–Kier alpha value is -2.09. The molecular formula is C19H22FN3O2S. The number of ether oxygens (including phenoxy) is 1. The summed E-state index contributed by atoms with van der Waals surface area (Å²) in [6.07, 6.45) is 1.72. The van der Waals surface area contributed by atoms with Crippen LogP contribution in [0.1, 0.15) is 31.2 Å². The molecule has 138 valence electrons. The molecule has 0 aliphatic rings. The van der Waals surface area contributed by atoms with Crippen molar-refractivity contribution in [3.63, 3.8) is 0 Å². The van der Waals surface area contributed by atoms with Crippen LogP contribution in [-0.4, -0.2) is 27.2 Å². The van der Waals surface area contributed by atoms with Crippen LogP contribution >= 0.6 is 11.3 Å². The van der Waals surface area contributed by atoms with Crippen molar-refractivity contribution in [2.24, 2.45) is 0 Å². The zero-order valence-electron chi connectivity index (χ0n) is 15.2. The van der Waals surface area contributed by atoms with Gasteiger partial charge in [0.2, 0.25) is 11.7 Å². The van der Waals surface area contributed by atoms with Gasteiger partial charge in [-0.3, -0.25) is 0 Å². The number of nitrogens with one attached hydrogen (secondary N) is 1. The molecule has 0 unspecified atom stereocenters. The number of hydrogen-bond acceptors (Lipinski definition) is 6. The second-order valence-corrected chi connectivity index (χ2v) is 8.38. The number of thiophene rings is 1. The summed E-state index contributed by atoms with van der Waals surface area (Å²) < 4.78 is 20.1. The quantitative estimate of drug-likeness (QED) is 0.654. The van der Waals surface area contributed by atoms with Gasteiger partial charge in [-0.25, -0.2) is 14.4 Å². The molecular weight excluding hydrogens is 353 g/mol. The smallest absolute Gasteiger partial charge is 0.224 e. The molecule has 1 aromatic carbocycles. The van der Waals surface area contributed by atoms with Gasteiger partial charge in [-0.15, -0.1) is 11.3 Å². The first-order valence-corrected chi connectivity index (χ1v) is 9.13. The zero-order chi connectivity index (χ0) is 18.9. The molecule has 0 aliphatic heterocycles. The van der Waals surface area contributed by atoms with Crippen molar-refractivity contribution in [2.45, 2.75) is 39.1 Å². The second kappa shape index (κ2) is 6.90. The summed E-state index contributed by atoms with van der Waals surface area (Å²) in [6.45, 7) is 7.32. The van der Waals surface area contributed by atoms with Crippen LogP contribution in [0.2, 0.25) is 0 Å². The Balaban J connectivity index is 1.88. The van der Waals surface area contributed by atoms with Crippen molar-refractivity contribution in [1.29, 1.82) is 0 Å². The van der Waals surface area contributed by atoms with Crippen LogP contribution in [0.25, 0.3) is 10.2 Å². The molecule has 0 radical (unpaired) electrons. The molecule has 0 saturated heterocycles. The highest BCUT2D eigenvalue weighted by molar-refractivity contribution is 7.18. The van der Waals surface area contributed by atoms with E-state index in [1.54, 1.807) is 50.4 Å². The van der Waals surface area contributed by atoms with E-state index >= 15 is 0 Å². The van der Waals surface area contributed by atoms with E-state index in [1.807, 2.05) is 13.0 Å². The van der Waals surface area contributed by atoms with Gasteiger partial charge in [0.1, 0.15) is 10.6 Å². The van der Waals surface area contributed by atoms with Crippen LogP contribution in [0.3, 0.4) is 0 Å². The van der Waals surface area contributed by atoms with Crippen molar-refractivity contribution in [1.82, 2.24) is 9.97 Å². The minimum Gasteiger partial charge on any atom is -0.360 e. The highest BCUT2D eigenvalue weighted by Crippen LogP contribution is 2.31. The fourth-order valence-corrected chi connectivity index (χ4v) is 3.56. The van der Waals surface area contributed by atoms with Gasteiger partial charge in [0, 0.05) is 22.0 Å². The highest BCUT2D eigenvalue weighted by Gasteiger charge is 2.37. The third-order valence-electron chi connectivity index (χ3n) is 3.65. The van der Waals surface area contributed by atoms with Gasteiger partial charge in [-0.2, -0.15) is 0 Å². The molecule has 2 heterocycles. The Labute approximate surface area is 155 Å². The Morgan fingerprint density at radius 3 is 2.69 bits per heavy atom. The largest absolute Gasteiger partial charge is 0.360 e. The van der Waals surface area contributed by atoms with Crippen molar-refractivity contribution >= 4 is 27.5 Å². The first kappa shape index (κ1) is 18.7. The third-order valence-corrected chi connectivity index (χ3v) is 4.61. The van der Waals surface area contributed by atoms with Gasteiger partial charge >= 0.3 is 0 Å². The first-order chi connectivity index (χ1) is 12.2. The average molecular weight is 375 g/mol. The fourth-order valence-electron chi connectivity index (χ4n) is 2.71. The predicted molar refractivity (Wildman–Crippen MR) is 102 cm³/mol. The summed E-state index contributed by atoms with van der Waals surface area (Å²) in [5.41, 5.74) is -0.621. The molecule has 7 heteroatoms. The lowest BCUT2D eigenvalue weighted by atomic mass is 10.0. The van der Waals surface area contributed by atoms with E-state index in [0.717, 1.165) is 15.1 Å². The third kappa shape index (κ3) is 4.17. The molecule has 5 nitrogen and oxygen atoms in total. The Kier molecular flexibility index (Phi) is 4.96. The van der Waals surface area contributed by atoms with Crippen LogP contribution in [0.15, 0.2) is 36.5 Å². The summed E-state index contributed by atoms with van der Waals surface area (Å²) in [5, 5.41) is 15.0. The summed E-state index contributed by atoms with van der Waals surface area (Å²) >= 11 is 1.56. The van der Waals surface area contributed by atoms with E-state index in [4.69, 9.17) is 4.74 Å². The Bertz CT molecular complexity index is 923. The van der Waals surface area contributed by atoms with Gasteiger partial charge in [0.25, 0.3) is 0 Å². The molecule has 3 aromatic rings. The van der Waals surface area contributed by atoms with E-state index < -0.39 is 17.2 Å². The van der Waals surface area contributed by atoms with Gasteiger partial charge in [0.05, 0.1) is 12.1 Å². The second-order valence-electron chi connectivity index (χ2n) is 7.14. The van der Waals surface area contributed by atoms with E-state index in [2.05, 4.69) is 15.3 Å². The van der Waals surface area contributed by atoms with Crippen LogP contribution in [-0.2, 0) is 10.5 Å². The number of hydrogen-bond donors (Lipinski definition) is 2. The average Bonchev–Trinajstić information content (AvgIpc) is 2.91. The molecule has 2 N–H and O–H groups in total. The maximum Gasteiger partial charge on any atom is 0.224 e. The van der Waals surface area contributed by atoms with Gasteiger partial charge in [-0.1, -0.05) is 18.2 Å². The van der Waals surface area contributed by atoms with Gasteiger partial charge in [-0.05, 0) is 39.8 Å². The lowest BCUT2D eigenvalue weighted by molar-refractivity contribution is -0.254. The molecule has 26 heavy (non-hydrogen) atoms. The lowest BCUT2D eigenvalue weighted by Gasteiger charge is -2.35. The maximum atomic E-state index is 14.3. The number of rotatable bonds is 5. The number of aliphatic hydroxyl groups is 1. The highest BCUT2D eigenvalue weighted by atomic mass is 32.1. The number of anilines is 1. The van der Waals surface area contributed by atoms with Crippen LogP contribution in [0.4, 0.5) is 10.3 Å². The van der Waals surface area contributed by atoms with Crippen LogP contribution in [0.5, 0.6) is 0 Å². The van der Waals surface area contributed by atoms with E-state index in [-0.39, 0.29) is 12.1 Å². The molecule has 1 atom stereocenters. The van der Waals surface area contributed by atoms with Crippen LogP contribution in [0, 0.1) is 12.7 Å². The lowest BCUT2D eigenvalue weighted by Crippen LogP contribution is -2.43. The minimum atomic E-state index is -1.87. The number of fused-ring (bicyclic) bond motifs is 1. The summed E-state index contributed by atoms with van der Waals surface area (Å²) in [6, 6.07) is 8.05. The maximum absolute atomic E-state index is 14.3. The monoisotopic (exact) mass is 375 g/mol. The zero-order valence-corrected chi connectivity index (χ0v) is 16.0. The predicted octanol–water partition coefficient (Wildman–Crippen LogP) is 4.21. The number of nitrogens with zero attached hydrogens (tertiary/aromatic N) is 2. The van der Waals surface area contributed by atoms with Gasteiger partial charge in [0.15, 0.2) is 0 Å². The molecule has 0 amide bonds. The van der Waals surface area contributed by atoms with Crippen molar-refractivity contribution < 1.29 is 14.2 Å². The standard InChI is InChI=1S/C19H22FN3O2S/c1-12-9-13-10-21-17(23-16(13)26-12)22-11-19(24,25-18(2,3)4)14-7-5-6-8-15(14)20/h5-10,24H,11H2,1-4H3,(H,21,22,23)/t19-/m1/s1. The van der Waals surface area contributed by atoms with Crippen molar-refractivity contribution in [2.75, 3.05) is 11.9 Å². The fraction of sp³-hybridized carbons (Fsp3) is 0.368. The Morgan fingerprint density at radius 2 is 2.00 bits per heavy atom. The molecule has 0 aliphatic carbocycles. The van der Waals surface area contributed by atoms with E-state index in [9.17, 15) is 9.50 Å². The molecule has 0 bridgehead atoms. The van der Waals surface area contributed by atoms with Gasteiger partial charge < -0.3 is 15.2 Å². The summed E-state index contributed by atoms with van der Waals surface area (Å²) in [5.74, 6) is -2.05. The summed E-state index contributed by atoms with van der Waals surface area (Å²) in [7, 11) is 0. The molecule has 0 saturated carbocycles. The van der Waals surface area contributed by atoms with Crippen LogP contribution < -0.4 is 5.32 Å². The number of aryl methyl sites for hydroxylation is 1. The number of aromatic nitrogens is 2. The Morgan fingerprint density at radius 1 is 1.27 bits per heavy atom. The van der Waals surface area contributed by atoms with E-state index in [0.29, 0.717) is 5.95 Å². The molecule has 2 aromatic heterocycles. The minimum absolute atomic E-state index is 0.0653. The number of halogens is 1.